The Labute approximate surface area is 437 Å². The molecule has 1 aliphatic rings. The molecule has 11 aromatic carbocycles. The maximum absolute atomic E-state index is 5.60. The predicted octanol–water partition coefficient (Wildman–Crippen LogP) is 18.7. The van der Waals surface area contributed by atoms with E-state index in [1.807, 2.05) is 0 Å². The Kier molecular flexibility index (Phi) is 10.7. The highest BCUT2D eigenvalue weighted by molar-refractivity contribution is 6.14. The Morgan fingerprint density at radius 1 is 0.320 bits per heavy atom. The van der Waals surface area contributed by atoms with Gasteiger partial charge in [-0.05, 0) is 86.0 Å². The van der Waals surface area contributed by atoms with Crippen molar-refractivity contribution in [2.75, 3.05) is 4.90 Å². The first-order valence-corrected chi connectivity index (χ1v) is 25.8. The van der Waals surface area contributed by atoms with Crippen LogP contribution in [0.3, 0.4) is 0 Å². The molecule has 0 atom stereocenters. The van der Waals surface area contributed by atoms with Crippen LogP contribution in [-0.2, 0) is 5.41 Å². The van der Waals surface area contributed by atoms with E-state index >= 15 is 0 Å². The van der Waals surface area contributed by atoms with Crippen molar-refractivity contribution in [2.45, 2.75) is 5.41 Å². The summed E-state index contributed by atoms with van der Waals surface area (Å²) in [6.07, 6.45) is 0. The highest BCUT2D eigenvalue weighted by Gasteiger charge is 2.46. The lowest BCUT2D eigenvalue weighted by atomic mass is 9.67. The fourth-order valence-electron chi connectivity index (χ4n) is 12.1. The minimum absolute atomic E-state index is 0.600. The van der Waals surface area contributed by atoms with Gasteiger partial charge in [-0.2, -0.15) is 5.10 Å². The van der Waals surface area contributed by atoms with Crippen molar-refractivity contribution in [3.8, 4) is 67.0 Å². The van der Waals surface area contributed by atoms with E-state index in [0.29, 0.717) is 0 Å². The number of hydrogen-bond acceptors (Lipinski definition) is 2. The number of benzene rings is 11. The van der Waals surface area contributed by atoms with Crippen LogP contribution in [0.4, 0.5) is 17.1 Å². The summed E-state index contributed by atoms with van der Waals surface area (Å²) in [4.78, 5) is 2.53. The number of fused-ring (bicyclic) bond motifs is 6. The Morgan fingerprint density at radius 2 is 0.813 bits per heavy atom. The third-order valence-corrected chi connectivity index (χ3v) is 15.3. The van der Waals surface area contributed by atoms with Gasteiger partial charge < -0.3 is 4.90 Å². The van der Waals surface area contributed by atoms with Crippen LogP contribution in [0.15, 0.2) is 297 Å². The molecule has 0 amide bonds. The first kappa shape index (κ1) is 43.9. The monoisotopic (exact) mass is 955 g/mol. The van der Waals surface area contributed by atoms with Crippen molar-refractivity contribution in [1.82, 2.24) is 9.61 Å². The molecule has 2 heterocycles. The Balaban J connectivity index is 1.12. The fourth-order valence-corrected chi connectivity index (χ4v) is 12.1. The molecule has 0 bridgehead atoms. The van der Waals surface area contributed by atoms with Crippen LogP contribution in [0.25, 0.3) is 83.3 Å². The summed E-state index contributed by atoms with van der Waals surface area (Å²) in [7, 11) is 0. The van der Waals surface area contributed by atoms with E-state index in [4.69, 9.17) is 5.10 Å². The summed E-state index contributed by atoms with van der Waals surface area (Å²) in [6, 6.07) is 108. The third kappa shape index (κ3) is 7.16. The normalized spacial score (nSPS) is 12.4. The summed E-state index contributed by atoms with van der Waals surface area (Å²) in [6.45, 7) is 0. The van der Waals surface area contributed by atoms with Gasteiger partial charge in [0.25, 0.3) is 0 Å². The van der Waals surface area contributed by atoms with E-state index in [0.717, 1.165) is 78.1 Å². The van der Waals surface area contributed by atoms with Gasteiger partial charge in [-0.1, -0.05) is 267 Å². The Morgan fingerprint density at radius 3 is 1.47 bits per heavy atom. The first-order chi connectivity index (χ1) is 37.3. The fraction of sp³-hybridized carbons (Fsp3) is 0.0139. The molecule has 3 nitrogen and oxygen atoms in total. The molecule has 0 N–H and O–H groups in total. The molecule has 0 saturated heterocycles. The number of hydrogen-bond donors (Lipinski definition) is 0. The molecule has 3 heteroatoms. The lowest BCUT2D eigenvalue weighted by molar-refractivity contribution is 0.768. The standard InChI is InChI=1S/C72H49N3/c1-7-26-50(27-8-1)57-38-19-20-39-58(57)61-41-22-24-44-66(61)74(56-46-47-60-59-40-21-23-43-64(59)72(65(60)48-56,54-34-15-5-16-35-54)55-36-17-6-18-37-55)67-45-25-42-62-63(67)49-68(51-28-9-2-10-29-51)75-71(62)69(52-30-11-3-12-31-52)70(73-75)53-32-13-4-14-33-53/h1-49H. The van der Waals surface area contributed by atoms with Gasteiger partial charge in [-0.3, -0.25) is 0 Å². The second-order valence-electron chi connectivity index (χ2n) is 19.4. The number of nitrogens with zero attached hydrogens (tertiary/aromatic N) is 3. The maximum Gasteiger partial charge on any atom is 0.101 e. The number of anilines is 3. The molecule has 0 aliphatic heterocycles. The zero-order chi connectivity index (χ0) is 49.7. The lowest BCUT2D eigenvalue weighted by Gasteiger charge is -2.35. The zero-order valence-electron chi connectivity index (χ0n) is 41.1. The maximum atomic E-state index is 5.60. The number of aromatic nitrogens is 2. The van der Waals surface area contributed by atoms with Crippen LogP contribution < -0.4 is 4.90 Å². The predicted molar refractivity (Wildman–Crippen MR) is 312 cm³/mol. The third-order valence-electron chi connectivity index (χ3n) is 15.3. The second-order valence-corrected chi connectivity index (χ2v) is 19.4. The molecule has 0 radical (unpaired) electrons. The quantitative estimate of drug-likeness (QED) is 0.136. The van der Waals surface area contributed by atoms with Crippen LogP contribution in [0.1, 0.15) is 22.3 Å². The van der Waals surface area contributed by atoms with Crippen LogP contribution >= 0.6 is 0 Å². The number of pyridine rings is 1. The van der Waals surface area contributed by atoms with Crippen molar-refractivity contribution in [3.05, 3.63) is 320 Å². The van der Waals surface area contributed by atoms with E-state index in [1.165, 1.54) is 44.5 Å². The van der Waals surface area contributed by atoms with Crippen molar-refractivity contribution < 1.29 is 0 Å². The van der Waals surface area contributed by atoms with Crippen molar-refractivity contribution in [1.29, 1.82) is 0 Å². The molecule has 0 saturated carbocycles. The van der Waals surface area contributed by atoms with E-state index < -0.39 is 5.41 Å². The van der Waals surface area contributed by atoms with Gasteiger partial charge in [-0.25, -0.2) is 4.52 Å². The van der Waals surface area contributed by atoms with Crippen LogP contribution in [0.5, 0.6) is 0 Å². The molecule has 0 unspecified atom stereocenters. The Hall–Kier alpha value is -9.83. The van der Waals surface area contributed by atoms with Gasteiger partial charge in [0, 0.05) is 38.7 Å². The molecule has 1 aliphatic carbocycles. The highest BCUT2D eigenvalue weighted by atomic mass is 15.2. The summed E-state index contributed by atoms with van der Waals surface area (Å²) in [5, 5.41) is 7.81. The largest absolute Gasteiger partial charge is 0.309 e. The summed E-state index contributed by atoms with van der Waals surface area (Å²) in [5.41, 5.74) is 22.0. The molecule has 14 rings (SSSR count). The van der Waals surface area contributed by atoms with Gasteiger partial charge in [-0.15, -0.1) is 0 Å². The number of para-hydroxylation sites is 1. The molecule has 13 aromatic rings. The van der Waals surface area contributed by atoms with Crippen LogP contribution in [0.2, 0.25) is 0 Å². The number of rotatable bonds is 10. The molecule has 352 valence electrons. The molecule has 0 fully saturated rings. The second kappa shape index (κ2) is 18.3. The molecule has 2 aromatic heterocycles. The average Bonchev–Trinajstić information content (AvgIpc) is 4.09. The van der Waals surface area contributed by atoms with Crippen molar-refractivity contribution in [3.63, 3.8) is 0 Å². The van der Waals surface area contributed by atoms with Crippen molar-refractivity contribution >= 4 is 33.4 Å². The zero-order valence-corrected chi connectivity index (χ0v) is 41.1. The van der Waals surface area contributed by atoms with Crippen molar-refractivity contribution in [2.24, 2.45) is 0 Å². The molecule has 0 spiro atoms. The lowest BCUT2D eigenvalue weighted by Crippen LogP contribution is -2.28. The van der Waals surface area contributed by atoms with Crippen LogP contribution in [-0.4, -0.2) is 9.61 Å². The van der Waals surface area contributed by atoms with E-state index in [2.05, 4.69) is 307 Å². The smallest absolute Gasteiger partial charge is 0.101 e. The van der Waals surface area contributed by atoms with Gasteiger partial charge >= 0.3 is 0 Å². The van der Waals surface area contributed by atoms with E-state index in [1.54, 1.807) is 0 Å². The van der Waals surface area contributed by atoms with Gasteiger partial charge in [0.2, 0.25) is 0 Å². The molecular weight excluding hydrogens is 907 g/mol. The van der Waals surface area contributed by atoms with Crippen LogP contribution in [0, 0.1) is 0 Å². The summed E-state index contributed by atoms with van der Waals surface area (Å²) >= 11 is 0. The Bertz CT molecular complexity index is 4170. The van der Waals surface area contributed by atoms with Gasteiger partial charge in [0.15, 0.2) is 0 Å². The summed E-state index contributed by atoms with van der Waals surface area (Å²) in [5.74, 6) is 0. The first-order valence-electron chi connectivity index (χ1n) is 25.8. The van der Waals surface area contributed by atoms with E-state index in [9.17, 15) is 0 Å². The van der Waals surface area contributed by atoms with Gasteiger partial charge in [0.05, 0.1) is 28.0 Å². The average molecular weight is 956 g/mol. The topological polar surface area (TPSA) is 20.5 Å². The van der Waals surface area contributed by atoms with Gasteiger partial charge in [0.1, 0.15) is 5.69 Å². The molecular formula is C72H49N3. The SMILES string of the molecule is c1ccc(-c2ccccc2-c2ccccc2N(c2ccc3c(c2)C(c2ccccc2)(c2ccccc2)c2ccccc2-3)c2cccc3c2cc(-c2ccccc2)n2nc(-c4ccccc4)c(-c4ccccc4)c32)cc1. The summed E-state index contributed by atoms with van der Waals surface area (Å²) < 4.78 is 2.20. The minimum Gasteiger partial charge on any atom is -0.309 e. The highest BCUT2D eigenvalue weighted by Crippen LogP contribution is 2.58. The molecule has 75 heavy (non-hydrogen) atoms. The van der Waals surface area contributed by atoms with E-state index in [-0.39, 0.29) is 0 Å². The minimum atomic E-state index is -0.600.